The van der Waals surface area contributed by atoms with E-state index in [-0.39, 0.29) is 30.1 Å². The molecule has 0 heterocycles. The van der Waals surface area contributed by atoms with Crippen LogP contribution in [0, 0.1) is 23.2 Å². The Hall–Kier alpha value is -2.41. The monoisotopic (exact) mass is 471 g/mol. The molecule has 174 valence electrons. The Balaban J connectivity index is 1.55. The van der Waals surface area contributed by atoms with E-state index < -0.39 is 21.0 Å². The number of nitriles is 1. The zero-order valence-corrected chi connectivity index (χ0v) is 18.3. The highest BCUT2D eigenvalue weighted by molar-refractivity contribution is 7.87. The van der Waals surface area contributed by atoms with Crippen LogP contribution in [0.1, 0.15) is 50.5 Å². The molecule has 3 aliphatic carbocycles. The van der Waals surface area contributed by atoms with E-state index in [1.165, 1.54) is 6.08 Å². The molecule has 0 radical (unpaired) electrons. The lowest BCUT2D eigenvalue weighted by atomic mass is 9.78. The first-order valence-corrected chi connectivity index (χ1v) is 12.0. The van der Waals surface area contributed by atoms with Crippen LogP contribution < -0.4 is 9.47 Å². The molecule has 4 rings (SSSR count). The molecule has 3 aliphatic rings. The number of hydrogen-bond acceptors (Lipinski definition) is 6. The molecular formula is C22H24F3NO5S. The van der Waals surface area contributed by atoms with Gasteiger partial charge in [0.15, 0.2) is 11.5 Å². The molecule has 0 bridgehead atoms. The quantitative estimate of drug-likeness (QED) is 0.431. The molecule has 0 spiro atoms. The van der Waals surface area contributed by atoms with Gasteiger partial charge in [0.25, 0.3) is 0 Å². The number of rotatable bonds is 6. The molecule has 10 heteroatoms. The van der Waals surface area contributed by atoms with Gasteiger partial charge in [-0.1, -0.05) is 6.07 Å². The molecule has 0 amide bonds. The predicted octanol–water partition coefficient (Wildman–Crippen LogP) is 4.96. The summed E-state index contributed by atoms with van der Waals surface area (Å²) in [6, 6.07) is 7.82. The third kappa shape index (κ3) is 4.15. The van der Waals surface area contributed by atoms with Gasteiger partial charge in [-0.15, -0.1) is 0 Å². The first-order chi connectivity index (χ1) is 15.1. The van der Waals surface area contributed by atoms with Gasteiger partial charge in [-0.3, -0.25) is 0 Å². The fourth-order valence-corrected chi connectivity index (χ4v) is 5.63. The Morgan fingerprint density at radius 2 is 1.88 bits per heavy atom. The maximum Gasteiger partial charge on any atom is 0.534 e. The number of benzene rings is 1. The molecule has 0 saturated heterocycles. The van der Waals surface area contributed by atoms with Gasteiger partial charge in [0, 0.05) is 6.42 Å². The van der Waals surface area contributed by atoms with Gasteiger partial charge in [-0.25, -0.2) is 0 Å². The summed E-state index contributed by atoms with van der Waals surface area (Å²) in [5, 5.41) is 10.1. The lowest BCUT2D eigenvalue weighted by Gasteiger charge is -2.24. The number of allylic oxidation sites excluding steroid dienone is 2. The van der Waals surface area contributed by atoms with Crippen LogP contribution in [-0.2, 0) is 19.7 Å². The lowest BCUT2D eigenvalue weighted by Crippen LogP contribution is -2.25. The molecule has 3 atom stereocenters. The second-order valence-corrected chi connectivity index (χ2v) is 10.3. The third-order valence-corrected chi connectivity index (χ3v) is 7.69. The van der Waals surface area contributed by atoms with E-state index in [2.05, 4.69) is 10.3 Å². The van der Waals surface area contributed by atoms with Crippen LogP contribution in [0.2, 0.25) is 0 Å². The van der Waals surface area contributed by atoms with Crippen molar-refractivity contribution in [1.82, 2.24) is 0 Å². The fourth-order valence-electron chi connectivity index (χ4n) is 5.13. The summed E-state index contributed by atoms with van der Waals surface area (Å²) in [6.45, 7) is 0. The number of nitrogens with zero attached hydrogens (tertiary/aromatic N) is 1. The largest absolute Gasteiger partial charge is 0.534 e. The van der Waals surface area contributed by atoms with Gasteiger partial charge in [0.2, 0.25) is 0 Å². The number of methoxy groups -OCH3 is 1. The van der Waals surface area contributed by atoms with Gasteiger partial charge < -0.3 is 13.7 Å². The summed E-state index contributed by atoms with van der Waals surface area (Å²) in [6.07, 6.45) is 6.49. The Labute approximate surface area is 185 Å². The summed E-state index contributed by atoms with van der Waals surface area (Å²) in [7, 11) is -4.13. The van der Waals surface area contributed by atoms with Crippen molar-refractivity contribution in [2.45, 2.75) is 62.0 Å². The highest BCUT2D eigenvalue weighted by Gasteiger charge is 2.52. The van der Waals surface area contributed by atoms with Crippen molar-refractivity contribution in [3.05, 3.63) is 35.6 Å². The maximum absolute atomic E-state index is 12.6. The lowest BCUT2D eigenvalue weighted by molar-refractivity contribution is -0.0523. The number of halogens is 3. The van der Waals surface area contributed by atoms with Crippen molar-refractivity contribution in [2.75, 3.05) is 7.11 Å². The predicted molar refractivity (Wildman–Crippen MR) is 108 cm³/mol. The first kappa shape index (κ1) is 22.8. The minimum absolute atomic E-state index is 0.0466. The average molecular weight is 471 g/mol. The van der Waals surface area contributed by atoms with Crippen LogP contribution in [0.15, 0.2) is 30.0 Å². The fraction of sp³-hybridized carbons (Fsp3) is 0.591. The molecule has 0 aromatic heterocycles. The van der Waals surface area contributed by atoms with Crippen molar-refractivity contribution in [1.29, 1.82) is 5.26 Å². The van der Waals surface area contributed by atoms with E-state index in [1.54, 1.807) is 13.2 Å². The molecule has 1 aromatic rings. The second-order valence-electron chi connectivity index (χ2n) is 8.74. The van der Waals surface area contributed by atoms with Crippen LogP contribution in [0.25, 0.3) is 0 Å². The van der Waals surface area contributed by atoms with Crippen LogP contribution in [0.3, 0.4) is 0 Å². The van der Waals surface area contributed by atoms with E-state index in [9.17, 15) is 26.9 Å². The molecule has 6 nitrogen and oxygen atoms in total. The average Bonchev–Trinajstić information content (AvgIpc) is 3.42. The smallest absolute Gasteiger partial charge is 0.493 e. The van der Waals surface area contributed by atoms with E-state index in [1.807, 2.05) is 12.1 Å². The van der Waals surface area contributed by atoms with E-state index in [0.29, 0.717) is 24.3 Å². The topological polar surface area (TPSA) is 85.6 Å². The normalized spacial score (nSPS) is 28.2. The van der Waals surface area contributed by atoms with Crippen LogP contribution in [0.4, 0.5) is 13.2 Å². The summed E-state index contributed by atoms with van der Waals surface area (Å²) >= 11 is 0. The van der Waals surface area contributed by atoms with Crippen molar-refractivity contribution in [3.8, 4) is 17.6 Å². The van der Waals surface area contributed by atoms with Crippen molar-refractivity contribution >= 4 is 10.1 Å². The molecular weight excluding hydrogens is 447 g/mol. The molecule has 2 saturated carbocycles. The zero-order valence-electron chi connectivity index (χ0n) is 17.5. The zero-order chi connectivity index (χ0) is 23.1. The number of hydrogen-bond donors (Lipinski definition) is 0. The first-order valence-electron chi connectivity index (χ1n) is 10.5. The van der Waals surface area contributed by atoms with Gasteiger partial charge in [-0.2, -0.15) is 26.9 Å². The van der Waals surface area contributed by atoms with Gasteiger partial charge >= 0.3 is 15.6 Å². The summed E-state index contributed by atoms with van der Waals surface area (Å²) in [4.78, 5) is 0. The number of fused-ring (bicyclic) bond motifs is 1. The van der Waals surface area contributed by atoms with Crippen molar-refractivity contribution < 1.29 is 35.2 Å². The Morgan fingerprint density at radius 1 is 1.16 bits per heavy atom. The molecule has 0 N–H and O–H groups in total. The Bertz CT molecular complexity index is 1060. The van der Waals surface area contributed by atoms with Crippen LogP contribution >= 0.6 is 0 Å². The minimum atomic E-state index is -5.69. The van der Waals surface area contributed by atoms with Crippen molar-refractivity contribution in [2.24, 2.45) is 11.8 Å². The number of ether oxygens (including phenoxy) is 2. The van der Waals surface area contributed by atoms with E-state index in [0.717, 1.165) is 31.2 Å². The molecule has 32 heavy (non-hydrogen) atoms. The van der Waals surface area contributed by atoms with Crippen LogP contribution in [-0.4, -0.2) is 27.1 Å². The summed E-state index contributed by atoms with van der Waals surface area (Å²) < 4.78 is 76.3. The highest BCUT2D eigenvalue weighted by atomic mass is 32.2. The molecule has 2 fully saturated rings. The minimum Gasteiger partial charge on any atom is -0.493 e. The third-order valence-electron chi connectivity index (χ3n) is 6.69. The van der Waals surface area contributed by atoms with Crippen molar-refractivity contribution in [3.63, 3.8) is 0 Å². The molecule has 0 unspecified atom stereocenters. The van der Waals surface area contributed by atoms with Crippen LogP contribution in [0.5, 0.6) is 11.5 Å². The summed E-state index contributed by atoms with van der Waals surface area (Å²) in [5.74, 6) is 0.548. The standard InChI is InChI=1S/C22H24F3NO5S/c1-29-19-7-6-16(10-20(19)30-17-4-2-3-5-17)21(13-26)11-14-8-18(9-15(14)12-21)31-32(27,28)22(23,24)25/h6-8,10,14-15,17H,2-5,9,11-12H2,1H3/t14-,15+,21-/m0/s1. The number of alkyl halides is 3. The Morgan fingerprint density at radius 3 is 2.47 bits per heavy atom. The van der Waals surface area contributed by atoms with Gasteiger partial charge in [-0.05, 0) is 74.1 Å². The van der Waals surface area contributed by atoms with E-state index in [4.69, 9.17) is 9.47 Å². The van der Waals surface area contributed by atoms with E-state index >= 15 is 0 Å². The SMILES string of the molecule is COc1ccc([C@]2(C#N)C[C@H]3CC(OS(=O)(=O)C(F)(F)F)=C[C@H]3C2)cc1OC1CCCC1. The van der Waals surface area contributed by atoms with Gasteiger partial charge in [0.1, 0.15) is 5.76 Å². The maximum atomic E-state index is 12.6. The summed E-state index contributed by atoms with van der Waals surface area (Å²) in [5.41, 5.74) is -5.55. The Kier molecular flexibility index (Phi) is 5.82. The molecule has 0 aliphatic heterocycles. The highest BCUT2D eigenvalue weighted by Crippen LogP contribution is 2.54. The second kappa shape index (κ2) is 8.18. The molecule has 1 aromatic carbocycles. The van der Waals surface area contributed by atoms with Gasteiger partial charge in [0.05, 0.1) is 24.7 Å².